The summed E-state index contributed by atoms with van der Waals surface area (Å²) < 4.78 is 10.7. The molecule has 2 N–H and O–H groups in total. The zero-order valence-electron chi connectivity index (χ0n) is 14.0. The molecule has 1 fully saturated rings. The number of aryl methyl sites for hydroxylation is 1. The van der Waals surface area contributed by atoms with Crippen LogP contribution in [0.15, 0.2) is 18.2 Å². The predicted molar refractivity (Wildman–Crippen MR) is 90.8 cm³/mol. The van der Waals surface area contributed by atoms with Gasteiger partial charge in [-0.3, -0.25) is 9.69 Å². The molecular formula is C17H24N4O3. The molecule has 1 saturated heterocycles. The Hall–Kier alpha value is -1.96. The molecule has 1 amide bonds. The lowest BCUT2D eigenvalue weighted by atomic mass is 10.2. The van der Waals surface area contributed by atoms with Crippen LogP contribution in [0, 0.1) is 6.92 Å². The number of hydrogen-bond donors (Lipinski definition) is 2. The minimum Gasteiger partial charge on any atom is -0.379 e. The lowest BCUT2D eigenvalue weighted by Crippen LogP contribution is -2.41. The fraction of sp³-hybridized carbons (Fsp3) is 0.529. The van der Waals surface area contributed by atoms with E-state index in [1.165, 1.54) is 5.56 Å². The van der Waals surface area contributed by atoms with Gasteiger partial charge in [-0.1, -0.05) is 6.07 Å². The number of H-pyrrole nitrogens is 1. The first-order valence-corrected chi connectivity index (χ1v) is 8.30. The largest absolute Gasteiger partial charge is 0.379 e. The van der Waals surface area contributed by atoms with Crippen molar-refractivity contribution in [3.05, 3.63) is 29.6 Å². The first-order valence-electron chi connectivity index (χ1n) is 8.30. The van der Waals surface area contributed by atoms with E-state index in [-0.39, 0.29) is 12.5 Å². The van der Waals surface area contributed by atoms with E-state index in [0.29, 0.717) is 13.2 Å². The Kier molecular flexibility index (Phi) is 5.79. The molecule has 1 aliphatic heterocycles. The van der Waals surface area contributed by atoms with Crippen molar-refractivity contribution in [3.8, 4) is 0 Å². The van der Waals surface area contributed by atoms with Crippen LogP contribution in [0.4, 0.5) is 0 Å². The smallest absolute Gasteiger partial charge is 0.246 e. The molecule has 0 unspecified atom stereocenters. The quantitative estimate of drug-likeness (QED) is 0.785. The maximum atomic E-state index is 11.8. The lowest BCUT2D eigenvalue weighted by Gasteiger charge is -2.26. The van der Waals surface area contributed by atoms with Gasteiger partial charge in [0.05, 0.1) is 24.2 Å². The van der Waals surface area contributed by atoms with E-state index in [1.807, 2.05) is 25.1 Å². The monoisotopic (exact) mass is 332 g/mol. The van der Waals surface area contributed by atoms with Crippen molar-refractivity contribution in [2.24, 2.45) is 0 Å². The minimum atomic E-state index is -0.102. The third kappa shape index (κ3) is 4.77. The second-order valence-electron chi connectivity index (χ2n) is 6.00. The number of rotatable bonds is 7. The number of hydrogen-bond acceptors (Lipinski definition) is 5. The molecule has 2 heterocycles. The summed E-state index contributed by atoms with van der Waals surface area (Å²) in [5.74, 6) is 0.631. The molecule has 1 aromatic carbocycles. The molecule has 0 bridgehead atoms. The molecular weight excluding hydrogens is 308 g/mol. The minimum absolute atomic E-state index is 0.0409. The number of aromatic nitrogens is 2. The summed E-state index contributed by atoms with van der Waals surface area (Å²) in [5.41, 5.74) is 3.08. The molecule has 0 radical (unpaired) electrons. The Bertz CT molecular complexity index is 680. The highest BCUT2D eigenvalue weighted by Gasteiger charge is 2.10. The number of ether oxygens (including phenoxy) is 2. The number of benzene rings is 1. The number of imidazole rings is 1. The van der Waals surface area contributed by atoms with Gasteiger partial charge in [-0.2, -0.15) is 0 Å². The van der Waals surface area contributed by atoms with E-state index in [9.17, 15) is 4.79 Å². The molecule has 0 spiro atoms. The van der Waals surface area contributed by atoms with Gasteiger partial charge >= 0.3 is 0 Å². The molecule has 7 heteroatoms. The lowest BCUT2D eigenvalue weighted by molar-refractivity contribution is -0.126. The Morgan fingerprint density at radius 3 is 3.08 bits per heavy atom. The topological polar surface area (TPSA) is 79.5 Å². The SMILES string of the molecule is Cc1ccc2nc(COCC(=O)NCCN3CCOCC3)[nH]c2c1. The Balaban J connectivity index is 1.35. The molecule has 0 saturated carbocycles. The molecule has 1 aromatic heterocycles. The van der Waals surface area contributed by atoms with Gasteiger partial charge < -0.3 is 19.8 Å². The van der Waals surface area contributed by atoms with Gasteiger partial charge in [0.2, 0.25) is 5.91 Å². The summed E-state index contributed by atoms with van der Waals surface area (Å²) in [5, 5.41) is 2.87. The van der Waals surface area contributed by atoms with Crippen molar-refractivity contribution in [3.63, 3.8) is 0 Å². The highest BCUT2D eigenvalue weighted by Crippen LogP contribution is 2.13. The van der Waals surface area contributed by atoms with Gasteiger partial charge in [0.1, 0.15) is 19.0 Å². The van der Waals surface area contributed by atoms with Crippen LogP contribution in [-0.2, 0) is 20.9 Å². The standard InChI is InChI=1S/C17H24N4O3/c1-13-2-3-14-15(10-13)20-16(19-14)11-24-12-17(22)18-4-5-21-6-8-23-9-7-21/h2-3,10H,4-9,11-12H2,1H3,(H,18,22)(H,19,20). The van der Waals surface area contributed by atoms with Gasteiger partial charge in [0.25, 0.3) is 0 Å². The molecule has 0 aliphatic carbocycles. The molecule has 2 aromatic rings. The second-order valence-corrected chi connectivity index (χ2v) is 6.00. The normalized spacial score (nSPS) is 15.7. The average Bonchev–Trinajstić information content (AvgIpc) is 2.97. The van der Waals surface area contributed by atoms with Gasteiger partial charge in [-0.15, -0.1) is 0 Å². The van der Waals surface area contributed by atoms with E-state index in [0.717, 1.165) is 49.7 Å². The number of fused-ring (bicyclic) bond motifs is 1. The van der Waals surface area contributed by atoms with E-state index in [2.05, 4.69) is 20.2 Å². The molecule has 0 atom stereocenters. The number of carbonyl (C=O) groups is 1. The Morgan fingerprint density at radius 2 is 2.25 bits per heavy atom. The Labute approximate surface area is 141 Å². The zero-order valence-corrected chi connectivity index (χ0v) is 14.0. The number of morpholine rings is 1. The molecule has 7 nitrogen and oxygen atoms in total. The summed E-state index contributed by atoms with van der Waals surface area (Å²) in [6.45, 7) is 7.25. The van der Waals surface area contributed by atoms with Crippen LogP contribution < -0.4 is 5.32 Å². The van der Waals surface area contributed by atoms with Crippen molar-refractivity contribution in [2.75, 3.05) is 46.0 Å². The number of nitrogens with zero attached hydrogens (tertiary/aromatic N) is 2. The van der Waals surface area contributed by atoms with Crippen LogP contribution in [0.1, 0.15) is 11.4 Å². The van der Waals surface area contributed by atoms with Crippen LogP contribution in [0.3, 0.4) is 0 Å². The van der Waals surface area contributed by atoms with Gasteiger partial charge in [-0.25, -0.2) is 4.98 Å². The summed E-state index contributed by atoms with van der Waals surface area (Å²) in [6.07, 6.45) is 0. The number of amides is 1. The fourth-order valence-corrected chi connectivity index (χ4v) is 2.71. The van der Waals surface area contributed by atoms with Crippen LogP contribution in [0.25, 0.3) is 11.0 Å². The van der Waals surface area contributed by atoms with Crippen molar-refractivity contribution >= 4 is 16.9 Å². The van der Waals surface area contributed by atoms with Crippen molar-refractivity contribution in [1.29, 1.82) is 0 Å². The highest BCUT2D eigenvalue weighted by atomic mass is 16.5. The number of aromatic amines is 1. The first-order chi connectivity index (χ1) is 11.7. The van der Waals surface area contributed by atoms with Crippen LogP contribution in [-0.4, -0.2) is 66.8 Å². The summed E-state index contributed by atoms with van der Waals surface area (Å²) >= 11 is 0. The van der Waals surface area contributed by atoms with E-state index >= 15 is 0 Å². The predicted octanol–water partition coefficient (Wildman–Crippen LogP) is 0.836. The van der Waals surface area contributed by atoms with Gasteiger partial charge in [-0.05, 0) is 24.6 Å². The molecule has 130 valence electrons. The van der Waals surface area contributed by atoms with Gasteiger partial charge in [0, 0.05) is 26.2 Å². The van der Waals surface area contributed by atoms with Crippen molar-refractivity contribution in [2.45, 2.75) is 13.5 Å². The Morgan fingerprint density at radius 1 is 1.42 bits per heavy atom. The van der Waals surface area contributed by atoms with Gasteiger partial charge in [0.15, 0.2) is 0 Å². The summed E-state index contributed by atoms with van der Waals surface area (Å²) in [4.78, 5) is 21.7. The van der Waals surface area contributed by atoms with Crippen molar-refractivity contribution in [1.82, 2.24) is 20.2 Å². The zero-order chi connectivity index (χ0) is 16.8. The fourth-order valence-electron chi connectivity index (χ4n) is 2.71. The first kappa shape index (κ1) is 16.9. The second kappa shape index (κ2) is 8.23. The third-order valence-electron chi connectivity index (χ3n) is 4.01. The van der Waals surface area contributed by atoms with Crippen LogP contribution in [0.2, 0.25) is 0 Å². The maximum Gasteiger partial charge on any atom is 0.246 e. The number of carbonyl (C=O) groups excluding carboxylic acids is 1. The molecule has 3 rings (SSSR count). The van der Waals surface area contributed by atoms with Crippen molar-refractivity contribution < 1.29 is 14.3 Å². The van der Waals surface area contributed by atoms with E-state index in [4.69, 9.17) is 9.47 Å². The maximum absolute atomic E-state index is 11.8. The van der Waals surface area contributed by atoms with Crippen LogP contribution in [0.5, 0.6) is 0 Å². The highest BCUT2D eigenvalue weighted by molar-refractivity contribution is 5.77. The van der Waals surface area contributed by atoms with Crippen LogP contribution >= 0.6 is 0 Å². The summed E-state index contributed by atoms with van der Waals surface area (Å²) in [6, 6.07) is 6.04. The average molecular weight is 332 g/mol. The summed E-state index contributed by atoms with van der Waals surface area (Å²) in [7, 11) is 0. The third-order valence-corrected chi connectivity index (χ3v) is 4.01. The van der Waals surface area contributed by atoms with E-state index in [1.54, 1.807) is 0 Å². The number of nitrogens with one attached hydrogen (secondary N) is 2. The molecule has 1 aliphatic rings. The van der Waals surface area contributed by atoms with E-state index < -0.39 is 0 Å². The molecule has 24 heavy (non-hydrogen) atoms.